The van der Waals surface area contributed by atoms with E-state index in [2.05, 4.69) is 25.6 Å². The van der Waals surface area contributed by atoms with Gasteiger partial charge < -0.3 is 9.64 Å². The molecular weight excluding hydrogens is 536 g/mol. The van der Waals surface area contributed by atoms with E-state index in [0.29, 0.717) is 0 Å². The van der Waals surface area contributed by atoms with Crippen molar-refractivity contribution in [3.63, 3.8) is 0 Å². The summed E-state index contributed by atoms with van der Waals surface area (Å²) in [4.78, 5) is 18.1. The van der Waals surface area contributed by atoms with Gasteiger partial charge in [0.2, 0.25) is 5.88 Å². The molecule has 3 rings (SSSR count). The molecule has 2 heterocycles. The smallest absolute Gasteiger partial charge is 0.281 e. The minimum atomic E-state index is -3.67. The Kier molecular flexibility index (Phi) is 8.53. The molecule has 1 fully saturated rings. The summed E-state index contributed by atoms with van der Waals surface area (Å²) in [5.74, 6) is -1.04. The van der Waals surface area contributed by atoms with Crippen molar-refractivity contribution in [2.24, 2.45) is 0 Å². The molecule has 0 bridgehead atoms. The molecule has 0 unspecified atom stereocenters. The van der Waals surface area contributed by atoms with Crippen molar-refractivity contribution in [2.45, 2.75) is 20.0 Å². The van der Waals surface area contributed by atoms with Crippen LogP contribution in [0.25, 0.3) is 0 Å². The standard InChI is InChI=1S/C21H22BrF2N5O4S/c1-2-26-34(31,32)29-9-7-28(8-10-29)21(30)17-11-15(12-25)20(27-18(17)19(23)24)33-13-14-3-5-16(22)6-4-14/h3-6,11,19,26H,2,7-10,13H2,1H3. The van der Waals surface area contributed by atoms with Gasteiger partial charge in [0.1, 0.15) is 23.9 Å². The van der Waals surface area contributed by atoms with Crippen LogP contribution in [0.2, 0.25) is 0 Å². The summed E-state index contributed by atoms with van der Waals surface area (Å²) < 4.78 is 61.8. The van der Waals surface area contributed by atoms with E-state index in [0.717, 1.165) is 16.1 Å². The van der Waals surface area contributed by atoms with Crippen molar-refractivity contribution in [3.05, 3.63) is 57.2 Å². The second-order valence-corrected chi connectivity index (χ2v) is 9.97. The number of pyridine rings is 1. The Labute approximate surface area is 204 Å². The molecule has 13 heteroatoms. The van der Waals surface area contributed by atoms with Gasteiger partial charge in [0.05, 0.1) is 5.56 Å². The Morgan fingerprint density at radius 1 is 1.26 bits per heavy atom. The third-order valence-corrected chi connectivity index (χ3v) is 7.28. The number of hydrogen-bond acceptors (Lipinski definition) is 6. The fraction of sp³-hybridized carbons (Fsp3) is 0.381. The van der Waals surface area contributed by atoms with Gasteiger partial charge in [-0.05, 0) is 23.8 Å². The summed E-state index contributed by atoms with van der Waals surface area (Å²) in [7, 11) is -3.67. The number of carbonyl (C=O) groups is 1. The van der Waals surface area contributed by atoms with Crippen LogP contribution in [0.3, 0.4) is 0 Å². The van der Waals surface area contributed by atoms with Crippen molar-refractivity contribution in [1.82, 2.24) is 18.9 Å². The number of halogens is 3. The fourth-order valence-corrected chi connectivity index (χ4v) is 4.80. The molecule has 0 atom stereocenters. The first-order valence-electron chi connectivity index (χ1n) is 10.3. The van der Waals surface area contributed by atoms with Crippen molar-refractivity contribution >= 4 is 32.0 Å². The SMILES string of the molecule is CCNS(=O)(=O)N1CCN(C(=O)c2cc(C#N)c(OCc3ccc(Br)cc3)nc2C(F)F)CC1. The maximum absolute atomic E-state index is 13.8. The average molecular weight is 558 g/mol. The second kappa shape index (κ2) is 11.2. The van der Waals surface area contributed by atoms with Gasteiger partial charge in [0, 0.05) is 37.2 Å². The molecule has 1 aliphatic heterocycles. The fourth-order valence-electron chi connectivity index (χ4n) is 3.35. The molecule has 182 valence electrons. The first-order valence-corrected chi connectivity index (χ1v) is 12.5. The zero-order valence-corrected chi connectivity index (χ0v) is 20.6. The van der Waals surface area contributed by atoms with E-state index < -0.39 is 33.8 Å². The molecule has 1 N–H and O–H groups in total. The van der Waals surface area contributed by atoms with Crippen LogP contribution in [0, 0.1) is 11.3 Å². The minimum absolute atomic E-state index is 0.00679. The number of aromatic nitrogens is 1. The largest absolute Gasteiger partial charge is 0.472 e. The Hall–Kier alpha value is -2.66. The van der Waals surface area contributed by atoms with Gasteiger partial charge in [-0.3, -0.25) is 4.79 Å². The highest BCUT2D eigenvalue weighted by atomic mass is 79.9. The van der Waals surface area contributed by atoms with Crippen LogP contribution < -0.4 is 9.46 Å². The molecule has 1 saturated heterocycles. The van der Waals surface area contributed by atoms with E-state index in [1.165, 1.54) is 9.21 Å². The third-order valence-electron chi connectivity index (χ3n) is 5.06. The summed E-state index contributed by atoms with van der Waals surface area (Å²) >= 11 is 3.31. The molecule has 1 amide bonds. The van der Waals surface area contributed by atoms with E-state index in [9.17, 15) is 27.3 Å². The molecule has 9 nitrogen and oxygen atoms in total. The second-order valence-electron chi connectivity index (χ2n) is 7.30. The van der Waals surface area contributed by atoms with Crippen LogP contribution in [0.4, 0.5) is 8.78 Å². The van der Waals surface area contributed by atoms with Gasteiger partial charge in [0.25, 0.3) is 22.5 Å². The summed E-state index contributed by atoms with van der Waals surface area (Å²) in [5.41, 5.74) is -0.626. The number of nitriles is 1. The lowest BCUT2D eigenvalue weighted by Gasteiger charge is -2.34. The number of alkyl halides is 2. The molecule has 1 aliphatic rings. The predicted octanol–water partition coefficient (Wildman–Crippen LogP) is 2.84. The highest BCUT2D eigenvalue weighted by Gasteiger charge is 2.32. The lowest BCUT2D eigenvalue weighted by molar-refractivity contribution is 0.0683. The van der Waals surface area contributed by atoms with E-state index in [-0.39, 0.29) is 50.8 Å². The summed E-state index contributed by atoms with van der Waals surface area (Å²) in [6.45, 7) is 1.90. The summed E-state index contributed by atoms with van der Waals surface area (Å²) in [6, 6.07) is 9.98. The highest BCUT2D eigenvalue weighted by Crippen LogP contribution is 2.28. The van der Waals surface area contributed by atoms with Crippen LogP contribution in [0.15, 0.2) is 34.8 Å². The van der Waals surface area contributed by atoms with Crippen molar-refractivity contribution in [3.8, 4) is 11.9 Å². The average Bonchev–Trinajstić information content (AvgIpc) is 2.82. The van der Waals surface area contributed by atoms with Crippen LogP contribution in [0.1, 0.15) is 40.5 Å². The van der Waals surface area contributed by atoms with Crippen LogP contribution >= 0.6 is 15.9 Å². The van der Waals surface area contributed by atoms with E-state index >= 15 is 0 Å². The maximum atomic E-state index is 13.8. The first-order chi connectivity index (χ1) is 16.2. The molecule has 1 aromatic heterocycles. The minimum Gasteiger partial charge on any atom is -0.472 e. The maximum Gasteiger partial charge on any atom is 0.281 e. The van der Waals surface area contributed by atoms with Crippen LogP contribution in [-0.2, 0) is 16.8 Å². The number of amides is 1. The number of nitrogens with zero attached hydrogens (tertiary/aromatic N) is 4. The van der Waals surface area contributed by atoms with Crippen LogP contribution in [-0.4, -0.2) is 61.2 Å². The van der Waals surface area contributed by atoms with E-state index in [4.69, 9.17) is 4.74 Å². The number of rotatable bonds is 8. The van der Waals surface area contributed by atoms with Crippen molar-refractivity contribution in [1.29, 1.82) is 5.26 Å². The topological polar surface area (TPSA) is 116 Å². The number of nitrogens with one attached hydrogen (secondary N) is 1. The molecule has 0 aliphatic carbocycles. The molecular formula is C21H22BrF2N5O4S. The molecule has 34 heavy (non-hydrogen) atoms. The Morgan fingerprint density at radius 3 is 2.47 bits per heavy atom. The number of hydrogen-bond donors (Lipinski definition) is 1. The van der Waals surface area contributed by atoms with Gasteiger partial charge in [-0.25, -0.2) is 18.5 Å². The summed E-state index contributed by atoms with van der Waals surface area (Å²) in [5, 5.41) is 9.50. The quantitative estimate of drug-likeness (QED) is 0.533. The van der Waals surface area contributed by atoms with Crippen molar-refractivity contribution < 1.29 is 26.7 Å². The van der Waals surface area contributed by atoms with E-state index in [1.807, 2.05) is 6.07 Å². The Morgan fingerprint density at radius 2 is 1.91 bits per heavy atom. The lowest BCUT2D eigenvalue weighted by atomic mass is 10.1. The number of carbonyl (C=O) groups excluding carboxylic acids is 1. The van der Waals surface area contributed by atoms with Gasteiger partial charge in [-0.1, -0.05) is 35.0 Å². The first kappa shape index (κ1) is 26.0. The Bertz CT molecular complexity index is 1180. The van der Waals surface area contributed by atoms with Crippen LogP contribution in [0.5, 0.6) is 5.88 Å². The van der Waals surface area contributed by atoms with E-state index in [1.54, 1.807) is 31.2 Å². The molecule has 0 radical (unpaired) electrons. The normalized spacial score (nSPS) is 14.8. The van der Waals surface area contributed by atoms with Gasteiger partial charge in [-0.2, -0.15) is 18.0 Å². The van der Waals surface area contributed by atoms with Gasteiger partial charge in [-0.15, -0.1) is 0 Å². The molecule has 2 aromatic rings. The summed E-state index contributed by atoms with van der Waals surface area (Å²) in [6.07, 6.45) is -3.09. The lowest BCUT2D eigenvalue weighted by Crippen LogP contribution is -2.53. The molecule has 0 saturated carbocycles. The predicted molar refractivity (Wildman–Crippen MR) is 122 cm³/mol. The number of benzene rings is 1. The van der Waals surface area contributed by atoms with Crippen molar-refractivity contribution in [2.75, 3.05) is 32.7 Å². The third kappa shape index (κ3) is 6.06. The zero-order valence-electron chi connectivity index (χ0n) is 18.2. The van der Waals surface area contributed by atoms with Gasteiger partial charge in [0.15, 0.2) is 0 Å². The van der Waals surface area contributed by atoms with Gasteiger partial charge >= 0.3 is 0 Å². The Balaban J connectivity index is 1.80. The molecule has 1 aromatic carbocycles. The highest BCUT2D eigenvalue weighted by molar-refractivity contribution is 9.10. The monoisotopic (exact) mass is 557 g/mol. The number of piperazine rings is 1. The molecule has 0 spiro atoms. The number of ether oxygens (including phenoxy) is 1. The zero-order chi connectivity index (χ0) is 24.9.